The molecule has 1 atom stereocenters. The van der Waals surface area contributed by atoms with Gasteiger partial charge >= 0.3 is 13.3 Å². The lowest BCUT2D eigenvalue weighted by atomic mass is 10.3. The Balaban J connectivity index is 2.29. The molecule has 8 heteroatoms. The summed E-state index contributed by atoms with van der Waals surface area (Å²) in [7, 11) is -3.49. The van der Waals surface area contributed by atoms with E-state index in [0.29, 0.717) is 5.75 Å². The largest absolute Gasteiger partial charge is 0.481 e. The lowest BCUT2D eigenvalue weighted by molar-refractivity contribution is -0.136. The van der Waals surface area contributed by atoms with Crippen molar-refractivity contribution in [1.82, 2.24) is 15.0 Å². The minimum absolute atomic E-state index is 0.0300. The van der Waals surface area contributed by atoms with Crippen LogP contribution in [0.1, 0.15) is 6.42 Å². The molecular formula is C12H12N3O4P. The van der Waals surface area contributed by atoms with Crippen LogP contribution < -0.4 is 10.1 Å². The van der Waals surface area contributed by atoms with Crippen LogP contribution in [0.2, 0.25) is 0 Å². The predicted octanol–water partition coefficient (Wildman–Crippen LogP) is 1.33. The molecule has 0 saturated heterocycles. The maximum atomic E-state index is 12.9. The molecule has 1 aromatic heterocycles. The highest BCUT2D eigenvalue weighted by atomic mass is 31.2. The molecule has 0 bridgehead atoms. The molecule has 2 aromatic rings. The Morgan fingerprint density at radius 2 is 1.85 bits per heavy atom. The smallest absolute Gasteiger partial charge is 0.314 e. The fraction of sp³-hybridized carbons (Fsp3) is 0.167. The molecule has 0 aliphatic rings. The molecule has 0 saturated carbocycles. The maximum Gasteiger partial charge on any atom is 0.314 e. The Kier molecular flexibility index (Phi) is 4.42. The van der Waals surface area contributed by atoms with Gasteiger partial charge in [-0.3, -0.25) is 9.36 Å². The van der Waals surface area contributed by atoms with E-state index in [-0.39, 0.29) is 18.1 Å². The van der Waals surface area contributed by atoms with Crippen LogP contribution in [-0.2, 0) is 9.36 Å². The van der Waals surface area contributed by atoms with Crippen molar-refractivity contribution in [3.8, 4) is 5.75 Å². The molecule has 0 spiro atoms. The van der Waals surface area contributed by atoms with Crippen LogP contribution in [0.4, 0.5) is 0 Å². The Bertz CT molecular complexity index is 621. The summed E-state index contributed by atoms with van der Waals surface area (Å²) in [5.74, 6) is -0.683. The second-order valence-electron chi connectivity index (χ2n) is 3.88. The van der Waals surface area contributed by atoms with Gasteiger partial charge in [-0.1, -0.05) is 18.2 Å². The Morgan fingerprint density at radius 3 is 2.45 bits per heavy atom. The average molecular weight is 293 g/mol. The first-order valence-electron chi connectivity index (χ1n) is 5.78. The highest BCUT2D eigenvalue weighted by molar-refractivity contribution is 7.66. The minimum Gasteiger partial charge on any atom is -0.481 e. The summed E-state index contributed by atoms with van der Waals surface area (Å²) in [6.07, 6.45) is 1.92. The molecule has 104 valence electrons. The number of aliphatic carboxylic acids is 1. The van der Waals surface area contributed by atoms with Crippen LogP contribution >= 0.6 is 7.37 Å². The molecule has 0 aliphatic heterocycles. The zero-order valence-corrected chi connectivity index (χ0v) is 11.3. The number of rotatable bonds is 6. The third-order valence-electron chi connectivity index (χ3n) is 2.40. The SMILES string of the molecule is O=C(O)CCP(=O)(Oc1ccccc1)c1ncncn1. The molecule has 1 N–H and O–H groups in total. The van der Waals surface area contributed by atoms with Crippen molar-refractivity contribution in [1.29, 1.82) is 0 Å². The van der Waals surface area contributed by atoms with Crippen molar-refractivity contribution in [3.05, 3.63) is 43.0 Å². The van der Waals surface area contributed by atoms with E-state index in [1.165, 1.54) is 12.7 Å². The minimum atomic E-state index is -3.49. The number of hydrogen-bond acceptors (Lipinski definition) is 6. The summed E-state index contributed by atoms with van der Waals surface area (Å²) in [5.41, 5.74) is -0.0300. The summed E-state index contributed by atoms with van der Waals surface area (Å²) < 4.78 is 18.3. The van der Waals surface area contributed by atoms with E-state index < -0.39 is 13.3 Å². The molecule has 20 heavy (non-hydrogen) atoms. The highest BCUT2D eigenvalue weighted by Crippen LogP contribution is 2.45. The topological polar surface area (TPSA) is 102 Å². The molecule has 1 aromatic carbocycles. The normalized spacial score (nSPS) is 13.4. The fourth-order valence-electron chi connectivity index (χ4n) is 1.49. The van der Waals surface area contributed by atoms with Crippen molar-refractivity contribution in [2.75, 3.05) is 6.16 Å². The molecular weight excluding hydrogens is 281 g/mol. The first-order valence-corrected chi connectivity index (χ1v) is 7.59. The third kappa shape index (κ3) is 3.61. The van der Waals surface area contributed by atoms with Gasteiger partial charge in [-0.25, -0.2) is 15.0 Å². The van der Waals surface area contributed by atoms with Crippen LogP contribution in [0.25, 0.3) is 0 Å². The van der Waals surface area contributed by atoms with E-state index in [0.717, 1.165) is 0 Å². The molecule has 0 aliphatic carbocycles. The van der Waals surface area contributed by atoms with E-state index in [4.69, 9.17) is 9.63 Å². The van der Waals surface area contributed by atoms with Gasteiger partial charge in [-0.15, -0.1) is 0 Å². The molecule has 0 radical (unpaired) electrons. The number of nitrogens with zero attached hydrogens (tertiary/aromatic N) is 3. The van der Waals surface area contributed by atoms with E-state index in [2.05, 4.69) is 15.0 Å². The van der Waals surface area contributed by atoms with Crippen molar-refractivity contribution in [3.63, 3.8) is 0 Å². The molecule has 0 amide bonds. The molecule has 1 unspecified atom stereocenters. The average Bonchev–Trinajstić information content (AvgIpc) is 2.47. The van der Waals surface area contributed by atoms with Gasteiger partial charge in [0.25, 0.3) is 0 Å². The number of para-hydroxylation sites is 1. The number of carbonyl (C=O) groups is 1. The summed E-state index contributed by atoms with van der Waals surface area (Å²) in [6, 6.07) is 8.51. The third-order valence-corrected chi connectivity index (χ3v) is 4.56. The number of benzene rings is 1. The van der Waals surface area contributed by atoms with E-state index >= 15 is 0 Å². The molecule has 0 fully saturated rings. The first kappa shape index (κ1) is 14.1. The summed E-state index contributed by atoms with van der Waals surface area (Å²) in [6.45, 7) is 0. The van der Waals surface area contributed by atoms with Gasteiger partial charge in [0.15, 0.2) is 0 Å². The van der Waals surface area contributed by atoms with Gasteiger partial charge < -0.3 is 9.63 Å². The standard InChI is InChI=1S/C12H12N3O4P/c16-11(17)6-7-20(18,12-14-8-13-9-15-12)19-10-4-2-1-3-5-10/h1-5,8-9H,6-7H2,(H,16,17). The number of hydrogen-bond donors (Lipinski definition) is 1. The van der Waals surface area contributed by atoms with Crippen LogP contribution in [0.3, 0.4) is 0 Å². The van der Waals surface area contributed by atoms with Crippen LogP contribution in [0.5, 0.6) is 5.75 Å². The Labute approximate surface area is 115 Å². The fourth-order valence-corrected chi connectivity index (χ4v) is 3.27. The van der Waals surface area contributed by atoms with Crippen LogP contribution in [-0.4, -0.2) is 32.2 Å². The van der Waals surface area contributed by atoms with Crippen LogP contribution in [0.15, 0.2) is 43.0 Å². The molecule has 1 heterocycles. The van der Waals surface area contributed by atoms with Gasteiger partial charge in [-0.05, 0) is 12.1 Å². The van der Waals surface area contributed by atoms with Crippen molar-refractivity contribution >= 4 is 18.9 Å². The van der Waals surface area contributed by atoms with Crippen molar-refractivity contribution in [2.45, 2.75) is 6.42 Å². The monoisotopic (exact) mass is 293 g/mol. The van der Waals surface area contributed by atoms with Gasteiger partial charge in [-0.2, -0.15) is 0 Å². The number of carboxylic acid groups (broad SMARTS) is 1. The zero-order valence-electron chi connectivity index (χ0n) is 10.4. The number of aromatic nitrogens is 3. The highest BCUT2D eigenvalue weighted by Gasteiger charge is 2.31. The second kappa shape index (κ2) is 6.25. The van der Waals surface area contributed by atoms with E-state index in [1.807, 2.05) is 0 Å². The van der Waals surface area contributed by atoms with Crippen LogP contribution in [0, 0.1) is 0 Å². The summed E-state index contributed by atoms with van der Waals surface area (Å²) >= 11 is 0. The lowest BCUT2D eigenvalue weighted by Gasteiger charge is -2.17. The molecule has 7 nitrogen and oxygen atoms in total. The van der Waals surface area contributed by atoms with E-state index in [9.17, 15) is 9.36 Å². The quantitative estimate of drug-likeness (QED) is 0.801. The maximum absolute atomic E-state index is 12.9. The van der Waals surface area contributed by atoms with Crippen molar-refractivity contribution < 1.29 is 19.0 Å². The van der Waals surface area contributed by atoms with Gasteiger partial charge in [0.05, 0.1) is 12.6 Å². The zero-order chi connectivity index (χ0) is 14.4. The molecule has 2 rings (SSSR count). The summed E-state index contributed by atoms with van der Waals surface area (Å²) in [4.78, 5) is 22.0. The first-order chi connectivity index (χ1) is 9.60. The number of carboxylic acids is 1. The Morgan fingerprint density at radius 1 is 1.20 bits per heavy atom. The van der Waals surface area contributed by atoms with Gasteiger partial charge in [0.1, 0.15) is 18.4 Å². The van der Waals surface area contributed by atoms with Crippen molar-refractivity contribution in [2.24, 2.45) is 0 Å². The van der Waals surface area contributed by atoms with E-state index in [1.54, 1.807) is 30.3 Å². The predicted molar refractivity (Wildman–Crippen MR) is 71.3 cm³/mol. The van der Waals surface area contributed by atoms with Gasteiger partial charge in [0, 0.05) is 0 Å². The Hall–Kier alpha value is -2.27. The van der Waals surface area contributed by atoms with Gasteiger partial charge in [0.2, 0.25) is 5.57 Å². The lowest BCUT2D eigenvalue weighted by Crippen LogP contribution is -2.21. The second-order valence-corrected chi connectivity index (χ2v) is 6.26. The summed E-state index contributed by atoms with van der Waals surface area (Å²) in [5, 5.41) is 8.76.